The molecule has 0 aliphatic carbocycles. The molecule has 39 heavy (non-hydrogen) atoms. The monoisotopic (exact) mass is 660 g/mol. The molecule has 0 amide bonds. The van der Waals surface area contributed by atoms with Crippen molar-refractivity contribution in [2.75, 3.05) is 0 Å². The van der Waals surface area contributed by atoms with E-state index in [1.165, 1.54) is 83.2 Å². The first-order valence-corrected chi connectivity index (χ1v) is 18.4. The summed E-state index contributed by atoms with van der Waals surface area (Å²) < 4.78 is 2.24. The van der Waals surface area contributed by atoms with Crippen LogP contribution in [0.1, 0.15) is 76.3 Å². The molecule has 0 aliphatic rings. The summed E-state index contributed by atoms with van der Waals surface area (Å²) >= 11 is 7.38. The Labute approximate surface area is 254 Å². The second-order valence-corrected chi connectivity index (χ2v) is 16.4. The van der Waals surface area contributed by atoms with Gasteiger partial charge in [0.05, 0.1) is 0 Å². The number of halogens is 2. The van der Waals surface area contributed by atoms with Crippen molar-refractivity contribution < 1.29 is 0 Å². The normalized spacial score (nSPS) is 11.6. The second-order valence-electron chi connectivity index (χ2n) is 10.8. The van der Waals surface area contributed by atoms with Crippen LogP contribution >= 0.6 is 31.9 Å². The molecule has 204 valence electrons. The molecule has 0 heterocycles. The first-order valence-electron chi connectivity index (χ1n) is 14.8. The first-order chi connectivity index (χ1) is 19.1. The summed E-state index contributed by atoms with van der Waals surface area (Å²) in [6, 6.07) is 37.5. The zero-order valence-corrected chi connectivity index (χ0v) is 27.7. The van der Waals surface area contributed by atoms with Crippen molar-refractivity contribution in [2.45, 2.75) is 78.1 Å². The molecule has 4 rings (SSSR count). The van der Waals surface area contributed by atoms with Gasteiger partial charge in [0.1, 0.15) is 0 Å². The molecule has 0 nitrogen and oxygen atoms in total. The molecule has 0 aliphatic heterocycles. The van der Waals surface area contributed by atoms with Gasteiger partial charge in [-0.05, 0) is 81.8 Å². The molecule has 0 fully saturated rings. The zero-order valence-electron chi connectivity index (χ0n) is 23.6. The summed E-state index contributed by atoms with van der Waals surface area (Å²) in [6.45, 7) is 4.56. The van der Waals surface area contributed by atoms with Crippen molar-refractivity contribution in [2.24, 2.45) is 0 Å². The van der Waals surface area contributed by atoms with Crippen LogP contribution in [0, 0.1) is 0 Å². The van der Waals surface area contributed by atoms with Crippen molar-refractivity contribution in [3.8, 4) is 0 Å². The number of rotatable bonds is 14. The lowest BCUT2D eigenvalue weighted by molar-refractivity contribution is 0.667. The van der Waals surface area contributed by atoms with Gasteiger partial charge < -0.3 is 0 Å². The van der Waals surface area contributed by atoms with E-state index in [1.807, 2.05) is 0 Å². The molecule has 0 saturated heterocycles. The van der Waals surface area contributed by atoms with Gasteiger partial charge >= 0.3 is 0 Å². The number of hydrogen-bond donors (Lipinski definition) is 0. The van der Waals surface area contributed by atoms with Gasteiger partial charge in [-0.15, -0.1) is 0 Å². The minimum absolute atomic E-state index is 1.12. The minimum atomic E-state index is -2.52. The minimum Gasteiger partial charge on any atom is -0.0654 e. The standard InChI is InChI=1S/C36H42Br2Si/c1-3-5-7-9-11-29-13-21-33(22-14-29)39(35-25-17-31(37)18-26-35,36-27-19-32(38)20-28-36)34-23-15-30(16-24-34)12-10-8-6-4-2/h13-28H,3-12H2,1-2H3. The molecule has 0 bridgehead atoms. The molecule has 0 aromatic heterocycles. The van der Waals surface area contributed by atoms with Crippen molar-refractivity contribution in [1.82, 2.24) is 0 Å². The van der Waals surface area contributed by atoms with Gasteiger partial charge in [-0.1, -0.05) is 157 Å². The quantitative estimate of drug-likeness (QED) is 0.0720. The molecule has 4 aromatic rings. The lowest BCUT2D eigenvalue weighted by atomic mass is 10.1. The van der Waals surface area contributed by atoms with Crippen LogP contribution in [0.4, 0.5) is 0 Å². The maximum atomic E-state index is 3.69. The fraction of sp³-hybridized carbons (Fsp3) is 0.333. The predicted octanol–water partition coefficient (Wildman–Crippen LogP) is 8.83. The van der Waals surface area contributed by atoms with Gasteiger partial charge in [-0.2, -0.15) is 0 Å². The Morgan fingerprint density at radius 2 is 0.718 bits per heavy atom. The number of hydrogen-bond acceptors (Lipinski definition) is 0. The van der Waals surface area contributed by atoms with Crippen LogP contribution < -0.4 is 20.7 Å². The number of aryl methyl sites for hydroxylation is 2. The van der Waals surface area contributed by atoms with Gasteiger partial charge in [0.25, 0.3) is 0 Å². The van der Waals surface area contributed by atoms with Crippen LogP contribution in [0.25, 0.3) is 0 Å². The lowest BCUT2D eigenvalue weighted by Crippen LogP contribution is -2.74. The lowest BCUT2D eigenvalue weighted by Gasteiger charge is -2.35. The fourth-order valence-corrected chi connectivity index (χ4v) is 10.9. The van der Waals surface area contributed by atoms with Crippen LogP contribution in [0.15, 0.2) is 106 Å². The maximum absolute atomic E-state index is 3.69. The third-order valence-electron chi connectivity index (χ3n) is 7.97. The average molecular weight is 663 g/mol. The van der Waals surface area contributed by atoms with Crippen molar-refractivity contribution in [3.63, 3.8) is 0 Å². The van der Waals surface area contributed by atoms with Gasteiger partial charge in [-0.25, -0.2) is 0 Å². The van der Waals surface area contributed by atoms with Crippen molar-refractivity contribution >= 4 is 60.7 Å². The van der Waals surface area contributed by atoms with E-state index < -0.39 is 8.07 Å². The van der Waals surface area contributed by atoms with E-state index in [0.29, 0.717) is 0 Å². The van der Waals surface area contributed by atoms with Crippen LogP contribution in [-0.4, -0.2) is 8.07 Å². The average Bonchev–Trinajstić information content (AvgIpc) is 2.97. The molecule has 4 aromatic carbocycles. The maximum Gasteiger partial charge on any atom is 0.179 e. The Morgan fingerprint density at radius 3 is 1.03 bits per heavy atom. The van der Waals surface area contributed by atoms with E-state index in [1.54, 1.807) is 0 Å². The molecule has 3 heteroatoms. The van der Waals surface area contributed by atoms with Gasteiger partial charge in [0.15, 0.2) is 8.07 Å². The summed E-state index contributed by atoms with van der Waals surface area (Å²) in [7, 11) is -2.52. The molecule has 0 atom stereocenters. The second kappa shape index (κ2) is 15.2. The Balaban J connectivity index is 1.81. The predicted molar refractivity (Wildman–Crippen MR) is 181 cm³/mol. The third kappa shape index (κ3) is 7.63. The number of benzene rings is 4. The topological polar surface area (TPSA) is 0 Å². The highest BCUT2D eigenvalue weighted by Crippen LogP contribution is 2.17. The molecule has 0 radical (unpaired) electrons. The highest BCUT2D eigenvalue weighted by molar-refractivity contribution is 9.10. The molecule has 0 N–H and O–H groups in total. The molecular weight excluding hydrogens is 620 g/mol. The van der Waals surface area contributed by atoms with Gasteiger partial charge in [0.2, 0.25) is 0 Å². The van der Waals surface area contributed by atoms with E-state index in [-0.39, 0.29) is 0 Å². The fourth-order valence-electron chi connectivity index (χ4n) is 5.75. The molecule has 0 unspecified atom stereocenters. The highest BCUT2D eigenvalue weighted by atomic mass is 79.9. The zero-order chi connectivity index (χ0) is 27.5. The first kappa shape index (κ1) is 30.0. The summed E-state index contributed by atoms with van der Waals surface area (Å²) in [6.07, 6.45) is 12.7. The van der Waals surface area contributed by atoms with E-state index in [0.717, 1.165) is 21.8 Å². The van der Waals surface area contributed by atoms with E-state index in [9.17, 15) is 0 Å². The highest BCUT2D eigenvalue weighted by Gasteiger charge is 2.41. The van der Waals surface area contributed by atoms with Crippen molar-refractivity contribution in [1.29, 1.82) is 0 Å². The summed E-state index contributed by atoms with van der Waals surface area (Å²) in [5.74, 6) is 0. The van der Waals surface area contributed by atoms with Gasteiger partial charge in [0, 0.05) is 8.95 Å². The molecular formula is C36H42Br2Si. The van der Waals surface area contributed by atoms with Crippen LogP contribution in [0.5, 0.6) is 0 Å². The number of unbranched alkanes of at least 4 members (excludes halogenated alkanes) is 6. The van der Waals surface area contributed by atoms with Crippen LogP contribution in [0.2, 0.25) is 0 Å². The van der Waals surface area contributed by atoms with E-state index in [4.69, 9.17) is 0 Å². The Bertz CT molecular complexity index is 1160. The molecule has 0 saturated carbocycles. The SMILES string of the molecule is CCCCCCc1ccc([Si](c2ccc(Br)cc2)(c2ccc(Br)cc2)c2ccc(CCCCCC)cc2)cc1. The van der Waals surface area contributed by atoms with E-state index >= 15 is 0 Å². The van der Waals surface area contributed by atoms with Crippen LogP contribution in [-0.2, 0) is 12.8 Å². The summed E-state index contributed by atoms with van der Waals surface area (Å²) in [4.78, 5) is 0. The van der Waals surface area contributed by atoms with Gasteiger partial charge in [-0.3, -0.25) is 0 Å². The Kier molecular flexibility index (Phi) is 11.7. The summed E-state index contributed by atoms with van der Waals surface area (Å²) in [5.41, 5.74) is 2.90. The van der Waals surface area contributed by atoms with Crippen LogP contribution in [0.3, 0.4) is 0 Å². The van der Waals surface area contributed by atoms with E-state index in [2.05, 4.69) is 143 Å². The Hall–Kier alpha value is -1.94. The third-order valence-corrected chi connectivity index (χ3v) is 13.8. The smallest absolute Gasteiger partial charge is 0.0654 e. The summed E-state index contributed by atoms with van der Waals surface area (Å²) in [5, 5.41) is 5.72. The largest absolute Gasteiger partial charge is 0.179 e. The Morgan fingerprint density at radius 1 is 0.410 bits per heavy atom. The van der Waals surface area contributed by atoms with Crippen molar-refractivity contribution in [3.05, 3.63) is 117 Å². The molecule has 0 spiro atoms.